The Morgan fingerprint density at radius 1 is 1.32 bits per heavy atom. The molecule has 0 aliphatic carbocycles. The van der Waals surface area contributed by atoms with Gasteiger partial charge in [0, 0.05) is 32.0 Å². The Kier molecular flexibility index (Phi) is 5.25. The fourth-order valence-corrected chi connectivity index (χ4v) is 3.54. The largest absolute Gasteiger partial charge is 0.445 e. The summed E-state index contributed by atoms with van der Waals surface area (Å²) in [5.74, 6) is 1.88. The van der Waals surface area contributed by atoms with Crippen LogP contribution in [0.4, 0.5) is 4.79 Å². The number of hydrogen-bond acceptors (Lipinski definition) is 4. The molecule has 1 unspecified atom stereocenters. The van der Waals surface area contributed by atoms with Crippen LogP contribution in [-0.4, -0.2) is 52.8 Å². The molecule has 2 fully saturated rings. The number of carbonyl (C=O) groups excluding carboxylic acids is 2. The van der Waals surface area contributed by atoms with Crippen LogP contribution in [0.3, 0.4) is 0 Å². The summed E-state index contributed by atoms with van der Waals surface area (Å²) in [5.41, 5.74) is 0.907. The molecule has 6 nitrogen and oxygen atoms in total. The molecule has 25 heavy (non-hydrogen) atoms. The Bertz CT molecular complexity index is 670. The molecule has 132 valence electrons. The molecule has 0 spiro atoms. The van der Waals surface area contributed by atoms with E-state index >= 15 is 0 Å². The molecule has 3 rings (SSSR count). The van der Waals surface area contributed by atoms with Crippen LogP contribution in [0.5, 0.6) is 0 Å². The summed E-state index contributed by atoms with van der Waals surface area (Å²) in [4.78, 5) is 27.8. The number of benzene rings is 1. The average Bonchev–Trinajstić information content (AvgIpc) is 2.65. The molecule has 2 aliphatic rings. The van der Waals surface area contributed by atoms with Crippen molar-refractivity contribution in [2.45, 2.75) is 25.7 Å². The van der Waals surface area contributed by atoms with E-state index in [2.05, 4.69) is 5.92 Å². The van der Waals surface area contributed by atoms with Crippen molar-refractivity contribution in [1.29, 1.82) is 0 Å². The van der Waals surface area contributed by atoms with Crippen molar-refractivity contribution in [2.75, 3.05) is 19.6 Å². The van der Waals surface area contributed by atoms with Crippen molar-refractivity contribution < 1.29 is 19.4 Å². The first-order valence-electron chi connectivity index (χ1n) is 8.47. The monoisotopic (exact) mass is 342 g/mol. The molecule has 1 aromatic carbocycles. The Labute approximate surface area is 147 Å². The predicted octanol–water partition coefficient (Wildman–Crippen LogP) is 1.45. The zero-order valence-corrected chi connectivity index (χ0v) is 14.0. The lowest BCUT2D eigenvalue weighted by Crippen LogP contribution is -2.61. The highest BCUT2D eigenvalue weighted by atomic mass is 16.6. The number of carbonyl (C=O) groups is 2. The molecule has 0 radical (unpaired) electrons. The van der Waals surface area contributed by atoms with Gasteiger partial charge < -0.3 is 19.6 Å². The van der Waals surface area contributed by atoms with Crippen molar-refractivity contribution in [3.05, 3.63) is 35.9 Å². The van der Waals surface area contributed by atoms with Gasteiger partial charge in [-0.05, 0) is 12.0 Å². The molecule has 1 N–H and O–H groups in total. The van der Waals surface area contributed by atoms with E-state index in [0.717, 1.165) is 5.56 Å². The van der Waals surface area contributed by atoms with E-state index in [1.54, 1.807) is 0 Å². The number of piperidine rings is 2. The van der Waals surface area contributed by atoms with Gasteiger partial charge in [0.05, 0.1) is 5.92 Å². The van der Waals surface area contributed by atoms with E-state index in [0.29, 0.717) is 32.5 Å². The van der Waals surface area contributed by atoms with Gasteiger partial charge in [-0.2, -0.15) is 0 Å². The minimum Gasteiger partial charge on any atom is -0.445 e. The van der Waals surface area contributed by atoms with Crippen LogP contribution in [0.2, 0.25) is 0 Å². The molecule has 0 aromatic heterocycles. The van der Waals surface area contributed by atoms with E-state index in [9.17, 15) is 14.7 Å². The minimum absolute atomic E-state index is 0.139. The smallest absolute Gasteiger partial charge is 0.410 e. The van der Waals surface area contributed by atoms with Gasteiger partial charge in [0.25, 0.3) is 0 Å². The van der Waals surface area contributed by atoms with Gasteiger partial charge in [-0.25, -0.2) is 4.79 Å². The quantitative estimate of drug-likeness (QED) is 0.841. The first-order chi connectivity index (χ1) is 12.1. The van der Waals surface area contributed by atoms with E-state index in [4.69, 9.17) is 11.2 Å². The highest BCUT2D eigenvalue weighted by Crippen LogP contribution is 2.33. The molecule has 6 heteroatoms. The highest BCUT2D eigenvalue weighted by molar-refractivity contribution is 5.81. The zero-order chi connectivity index (χ0) is 17.8. The third kappa shape index (κ3) is 3.77. The standard InChI is InChI=1S/C19H22N2O4/c1-2-3-9-21-17(22)15-10-16(18(21)23)12-20(11-15)19(24)25-13-14-7-5-4-6-8-14/h1,4-8,15-17,22H,3,9-13H2/t15-,16+,17?/m0/s1. The maximum absolute atomic E-state index is 12.5. The molecule has 0 saturated carbocycles. The average molecular weight is 342 g/mol. The SMILES string of the molecule is C#CCCN1C(=O)[C@@H]2C[C@@H](CN(C(=O)OCc3ccccc3)C2)C1O. The van der Waals surface area contributed by atoms with Gasteiger partial charge in [0.2, 0.25) is 5.91 Å². The van der Waals surface area contributed by atoms with Crippen LogP contribution in [-0.2, 0) is 16.1 Å². The summed E-state index contributed by atoms with van der Waals surface area (Å²) in [6.45, 7) is 1.24. The fraction of sp³-hybridized carbons (Fsp3) is 0.474. The number of ether oxygens (including phenoxy) is 1. The van der Waals surface area contributed by atoms with Crippen LogP contribution in [0, 0.1) is 24.2 Å². The molecule has 2 aliphatic heterocycles. The molecule has 1 aromatic rings. The third-order valence-corrected chi connectivity index (χ3v) is 4.82. The van der Waals surface area contributed by atoms with Crippen molar-refractivity contribution in [3.8, 4) is 12.3 Å². The lowest BCUT2D eigenvalue weighted by atomic mass is 9.82. The lowest BCUT2D eigenvalue weighted by molar-refractivity contribution is -0.167. The Morgan fingerprint density at radius 2 is 2.08 bits per heavy atom. The molecule has 2 saturated heterocycles. The van der Waals surface area contributed by atoms with Gasteiger partial charge in [-0.15, -0.1) is 12.3 Å². The molecule has 2 amide bonds. The first-order valence-corrected chi connectivity index (χ1v) is 8.47. The second kappa shape index (κ2) is 7.58. The van der Waals surface area contributed by atoms with Gasteiger partial charge >= 0.3 is 6.09 Å². The van der Waals surface area contributed by atoms with Crippen molar-refractivity contribution in [2.24, 2.45) is 11.8 Å². The third-order valence-electron chi connectivity index (χ3n) is 4.82. The lowest BCUT2D eigenvalue weighted by Gasteiger charge is -2.47. The topological polar surface area (TPSA) is 70.1 Å². The first kappa shape index (κ1) is 17.3. The van der Waals surface area contributed by atoms with Crippen molar-refractivity contribution in [1.82, 2.24) is 9.80 Å². The number of fused-ring (bicyclic) bond motifs is 2. The number of rotatable bonds is 4. The predicted molar refractivity (Wildman–Crippen MR) is 91.0 cm³/mol. The summed E-state index contributed by atoms with van der Waals surface area (Å²) in [5, 5.41) is 10.4. The number of terminal acetylenes is 1. The van der Waals surface area contributed by atoms with Gasteiger partial charge in [-0.3, -0.25) is 4.79 Å². The maximum Gasteiger partial charge on any atom is 0.410 e. The van der Waals surface area contributed by atoms with Gasteiger partial charge in [0.1, 0.15) is 12.8 Å². The summed E-state index contributed by atoms with van der Waals surface area (Å²) >= 11 is 0. The number of hydrogen-bond donors (Lipinski definition) is 1. The van der Waals surface area contributed by atoms with Crippen molar-refractivity contribution in [3.63, 3.8) is 0 Å². The number of amides is 2. The number of aliphatic hydroxyl groups excluding tert-OH is 1. The molecular formula is C19H22N2O4. The van der Waals surface area contributed by atoms with Crippen LogP contribution in [0.15, 0.2) is 30.3 Å². The van der Waals surface area contributed by atoms with E-state index < -0.39 is 12.3 Å². The highest BCUT2D eigenvalue weighted by Gasteiger charge is 2.46. The van der Waals surface area contributed by atoms with Gasteiger partial charge in [0.15, 0.2) is 0 Å². The molecular weight excluding hydrogens is 320 g/mol. The minimum atomic E-state index is -0.901. The summed E-state index contributed by atoms with van der Waals surface area (Å²) in [7, 11) is 0. The van der Waals surface area contributed by atoms with Crippen LogP contribution in [0.1, 0.15) is 18.4 Å². The van der Waals surface area contributed by atoms with Crippen LogP contribution < -0.4 is 0 Å². The second-order valence-electron chi connectivity index (χ2n) is 6.54. The van der Waals surface area contributed by atoms with Crippen molar-refractivity contribution >= 4 is 12.0 Å². The molecule has 2 heterocycles. The summed E-state index contributed by atoms with van der Waals surface area (Å²) < 4.78 is 5.35. The molecule has 2 bridgehead atoms. The number of likely N-dealkylation sites (tertiary alicyclic amines) is 2. The Hall–Kier alpha value is -2.52. The molecule has 3 atom stereocenters. The Morgan fingerprint density at radius 3 is 2.80 bits per heavy atom. The summed E-state index contributed by atoms with van der Waals surface area (Å²) in [6, 6.07) is 9.43. The number of aliphatic hydroxyl groups is 1. The maximum atomic E-state index is 12.5. The Balaban J connectivity index is 1.60. The number of nitrogens with zero attached hydrogens (tertiary/aromatic N) is 2. The van der Waals surface area contributed by atoms with E-state index in [1.165, 1.54) is 9.80 Å². The van der Waals surface area contributed by atoms with Crippen LogP contribution in [0.25, 0.3) is 0 Å². The van der Waals surface area contributed by atoms with Crippen LogP contribution >= 0.6 is 0 Å². The van der Waals surface area contributed by atoms with E-state index in [1.807, 2.05) is 30.3 Å². The zero-order valence-electron chi connectivity index (χ0n) is 14.0. The second-order valence-corrected chi connectivity index (χ2v) is 6.54. The van der Waals surface area contributed by atoms with E-state index in [-0.39, 0.29) is 24.3 Å². The summed E-state index contributed by atoms with van der Waals surface area (Å²) in [6.07, 6.45) is 4.91. The van der Waals surface area contributed by atoms with Gasteiger partial charge in [-0.1, -0.05) is 30.3 Å². The fourth-order valence-electron chi connectivity index (χ4n) is 3.54. The normalized spacial score (nSPS) is 25.4.